The summed E-state index contributed by atoms with van der Waals surface area (Å²) >= 11 is 0. The van der Waals surface area contributed by atoms with Gasteiger partial charge in [-0.25, -0.2) is 8.42 Å². The van der Waals surface area contributed by atoms with E-state index in [0.29, 0.717) is 22.7 Å². The number of hydrogen-bond acceptors (Lipinski definition) is 6. The first-order valence-electron chi connectivity index (χ1n) is 10.9. The lowest BCUT2D eigenvalue weighted by atomic mass is 10.1. The van der Waals surface area contributed by atoms with Gasteiger partial charge in [-0.1, -0.05) is 29.3 Å². The molecule has 0 aliphatic carbocycles. The van der Waals surface area contributed by atoms with Crippen LogP contribution in [0.2, 0.25) is 0 Å². The first-order valence-corrected chi connectivity index (χ1v) is 12.4. The SMILES string of the molecule is Cc1ccc(S(=O)(=O)c2cn(CC(=O)Nc3ccc4c(c3)OCO4)c3ccc(C)cc3c2=O)cc1. The van der Waals surface area contributed by atoms with E-state index in [9.17, 15) is 18.0 Å². The average molecular weight is 491 g/mol. The van der Waals surface area contributed by atoms with Crippen molar-refractivity contribution in [2.75, 3.05) is 12.1 Å². The summed E-state index contributed by atoms with van der Waals surface area (Å²) in [5.41, 5.74) is 2.07. The molecule has 0 bridgehead atoms. The number of fused-ring (bicyclic) bond motifs is 2. The Morgan fingerprint density at radius 2 is 1.66 bits per heavy atom. The van der Waals surface area contributed by atoms with Crippen LogP contribution in [-0.2, 0) is 21.2 Å². The maximum Gasteiger partial charge on any atom is 0.244 e. The number of aromatic nitrogens is 1. The zero-order valence-corrected chi connectivity index (χ0v) is 19.9. The van der Waals surface area contributed by atoms with Gasteiger partial charge in [0.25, 0.3) is 0 Å². The Labute approximate surface area is 201 Å². The highest BCUT2D eigenvalue weighted by Gasteiger charge is 2.24. The van der Waals surface area contributed by atoms with E-state index in [-0.39, 0.29) is 28.5 Å². The highest BCUT2D eigenvalue weighted by atomic mass is 32.2. The van der Waals surface area contributed by atoms with Crippen LogP contribution in [0.4, 0.5) is 5.69 Å². The molecular weight excluding hydrogens is 468 g/mol. The Bertz CT molecular complexity index is 1640. The molecule has 0 saturated carbocycles. The molecule has 8 nitrogen and oxygen atoms in total. The predicted molar refractivity (Wildman–Crippen MR) is 131 cm³/mol. The standard InChI is InChI=1S/C26H22N2O6S/c1-16-3-7-19(8-4-16)35(31,32)24-13-28(21-9-5-17(2)11-20(21)26(24)30)14-25(29)27-18-6-10-22-23(12-18)34-15-33-22/h3-13H,14-15H2,1-2H3,(H,27,29). The summed E-state index contributed by atoms with van der Waals surface area (Å²) in [5, 5.41) is 3.01. The molecule has 0 saturated heterocycles. The molecule has 2 heterocycles. The van der Waals surface area contributed by atoms with E-state index in [1.165, 1.54) is 22.9 Å². The van der Waals surface area contributed by atoms with E-state index in [2.05, 4.69) is 5.32 Å². The van der Waals surface area contributed by atoms with Crippen LogP contribution in [-0.4, -0.2) is 25.7 Å². The van der Waals surface area contributed by atoms with E-state index in [4.69, 9.17) is 9.47 Å². The van der Waals surface area contributed by atoms with E-state index in [1.807, 2.05) is 19.9 Å². The summed E-state index contributed by atoms with van der Waals surface area (Å²) in [6.07, 6.45) is 1.24. The fourth-order valence-corrected chi connectivity index (χ4v) is 5.35. The number of nitrogens with zero attached hydrogens (tertiary/aromatic N) is 1. The number of amides is 1. The normalized spacial score (nSPS) is 12.6. The molecule has 1 N–H and O–H groups in total. The van der Waals surface area contributed by atoms with Gasteiger partial charge in [-0.3, -0.25) is 9.59 Å². The van der Waals surface area contributed by atoms with E-state index in [1.54, 1.807) is 42.5 Å². The second kappa shape index (κ2) is 8.59. The van der Waals surface area contributed by atoms with Gasteiger partial charge in [-0.15, -0.1) is 0 Å². The topological polar surface area (TPSA) is 104 Å². The second-order valence-electron chi connectivity index (χ2n) is 8.40. The monoisotopic (exact) mass is 490 g/mol. The molecule has 3 aromatic carbocycles. The number of nitrogens with one attached hydrogen (secondary N) is 1. The van der Waals surface area contributed by atoms with Gasteiger partial charge in [0.15, 0.2) is 11.5 Å². The van der Waals surface area contributed by atoms with Crippen molar-refractivity contribution < 1.29 is 22.7 Å². The van der Waals surface area contributed by atoms with Crippen molar-refractivity contribution in [1.29, 1.82) is 0 Å². The van der Waals surface area contributed by atoms with Gasteiger partial charge in [0.05, 0.1) is 10.4 Å². The average Bonchev–Trinajstić information content (AvgIpc) is 3.29. The van der Waals surface area contributed by atoms with Crippen molar-refractivity contribution >= 4 is 32.3 Å². The fraction of sp³-hybridized carbons (Fsp3) is 0.154. The number of carbonyl (C=O) groups is 1. The number of hydrogen-bond donors (Lipinski definition) is 1. The van der Waals surface area contributed by atoms with Gasteiger partial charge in [0, 0.05) is 23.3 Å². The van der Waals surface area contributed by atoms with Crippen LogP contribution < -0.4 is 20.2 Å². The number of sulfone groups is 1. The molecule has 9 heteroatoms. The van der Waals surface area contributed by atoms with Gasteiger partial charge < -0.3 is 19.4 Å². The molecule has 35 heavy (non-hydrogen) atoms. The van der Waals surface area contributed by atoms with Gasteiger partial charge in [-0.05, 0) is 50.2 Å². The Morgan fingerprint density at radius 1 is 0.943 bits per heavy atom. The number of carbonyl (C=O) groups excluding carboxylic acids is 1. The molecule has 178 valence electrons. The molecule has 0 fully saturated rings. The summed E-state index contributed by atoms with van der Waals surface area (Å²) in [6.45, 7) is 3.58. The lowest BCUT2D eigenvalue weighted by Gasteiger charge is -2.15. The molecular formula is C26H22N2O6S. The molecule has 0 atom stereocenters. The number of rotatable bonds is 5. The predicted octanol–water partition coefficient (Wildman–Crippen LogP) is 3.82. The Kier molecular flexibility index (Phi) is 5.56. The van der Waals surface area contributed by atoms with Crippen molar-refractivity contribution in [2.24, 2.45) is 0 Å². The number of aryl methyl sites for hydroxylation is 2. The molecule has 0 spiro atoms. The highest BCUT2D eigenvalue weighted by Crippen LogP contribution is 2.34. The first-order chi connectivity index (χ1) is 16.7. The minimum Gasteiger partial charge on any atom is -0.454 e. The first kappa shape index (κ1) is 22.7. The molecule has 1 amide bonds. The molecule has 0 unspecified atom stereocenters. The quantitative estimate of drug-likeness (QED) is 0.456. The van der Waals surface area contributed by atoms with E-state index < -0.39 is 21.2 Å². The van der Waals surface area contributed by atoms with Crippen molar-refractivity contribution in [3.63, 3.8) is 0 Å². The minimum atomic E-state index is -4.11. The van der Waals surface area contributed by atoms with Crippen molar-refractivity contribution in [1.82, 2.24) is 4.57 Å². The van der Waals surface area contributed by atoms with Crippen LogP contribution in [0.15, 0.2) is 81.4 Å². The molecule has 0 radical (unpaired) electrons. The molecule has 4 aromatic rings. The van der Waals surface area contributed by atoms with Crippen molar-refractivity contribution in [3.05, 3.63) is 88.2 Å². The van der Waals surface area contributed by atoms with Crippen LogP contribution in [0.25, 0.3) is 10.9 Å². The summed E-state index contributed by atoms with van der Waals surface area (Å²) in [6, 6.07) is 16.5. The largest absolute Gasteiger partial charge is 0.454 e. The number of anilines is 1. The fourth-order valence-electron chi connectivity index (χ4n) is 3.98. The molecule has 1 aliphatic rings. The summed E-state index contributed by atoms with van der Waals surface area (Å²) < 4.78 is 38.9. The van der Waals surface area contributed by atoms with Crippen LogP contribution in [0.1, 0.15) is 11.1 Å². The van der Waals surface area contributed by atoms with E-state index in [0.717, 1.165) is 11.1 Å². The summed E-state index contributed by atoms with van der Waals surface area (Å²) in [7, 11) is -4.11. The van der Waals surface area contributed by atoms with Gasteiger partial charge in [-0.2, -0.15) is 0 Å². The zero-order valence-electron chi connectivity index (χ0n) is 19.1. The van der Waals surface area contributed by atoms with Crippen LogP contribution in [0.3, 0.4) is 0 Å². The summed E-state index contributed by atoms with van der Waals surface area (Å²) in [4.78, 5) is 25.8. The van der Waals surface area contributed by atoms with Crippen LogP contribution >= 0.6 is 0 Å². The van der Waals surface area contributed by atoms with Crippen LogP contribution in [0, 0.1) is 13.8 Å². The molecule has 1 aliphatic heterocycles. The third-order valence-electron chi connectivity index (χ3n) is 5.79. The maximum absolute atomic E-state index is 13.4. The molecule has 5 rings (SSSR count). The molecule has 1 aromatic heterocycles. The lowest BCUT2D eigenvalue weighted by molar-refractivity contribution is -0.116. The van der Waals surface area contributed by atoms with E-state index >= 15 is 0 Å². The number of pyridine rings is 1. The number of ether oxygens (including phenoxy) is 2. The third-order valence-corrected chi connectivity index (χ3v) is 7.56. The zero-order chi connectivity index (χ0) is 24.7. The highest BCUT2D eigenvalue weighted by molar-refractivity contribution is 7.91. The third kappa shape index (κ3) is 4.26. The van der Waals surface area contributed by atoms with Crippen molar-refractivity contribution in [3.8, 4) is 11.5 Å². The number of benzene rings is 3. The van der Waals surface area contributed by atoms with Crippen LogP contribution in [0.5, 0.6) is 11.5 Å². The lowest BCUT2D eigenvalue weighted by Crippen LogP contribution is -2.24. The van der Waals surface area contributed by atoms with Gasteiger partial charge in [0.1, 0.15) is 11.4 Å². The summed E-state index contributed by atoms with van der Waals surface area (Å²) in [5.74, 6) is 0.724. The Balaban J connectivity index is 1.56. The minimum absolute atomic E-state index is 0.0172. The van der Waals surface area contributed by atoms with Gasteiger partial charge in [0.2, 0.25) is 28.0 Å². The van der Waals surface area contributed by atoms with Crippen molar-refractivity contribution in [2.45, 2.75) is 30.2 Å². The smallest absolute Gasteiger partial charge is 0.244 e. The van der Waals surface area contributed by atoms with Gasteiger partial charge >= 0.3 is 0 Å². The maximum atomic E-state index is 13.4. The Morgan fingerprint density at radius 3 is 2.43 bits per heavy atom. The second-order valence-corrected chi connectivity index (χ2v) is 10.3. The Hall–Kier alpha value is -4.11.